The molecule has 4 N–H and O–H groups in total. The van der Waals surface area contributed by atoms with Gasteiger partial charge in [0.05, 0.1) is 48.3 Å². The van der Waals surface area contributed by atoms with E-state index in [-0.39, 0.29) is 42.2 Å². The molecular weight excluding hydrogens is 671 g/mol. The SMILES string of the molecule is CC[C@H](C)[C@@H]([C@@H](CC(=O)N1CCCC1[C@H](OC)[C@H](C)C(=S)N[C@@H](Cc1ccccc1)C(=O)OC)OC)N(C)[C@H](C(=O)NC(=O)C(C)(C)N)C(C)C. The Kier molecular flexibility index (Phi) is 17.6. The van der Waals surface area contributed by atoms with E-state index < -0.39 is 47.6 Å². The highest BCUT2D eigenvalue weighted by Gasteiger charge is 2.43. The number of carbonyl (C=O) groups is 4. The Morgan fingerprint density at radius 2 is 1.69 bits per heavy atom. The van der Waals surface area contributed by atoms with Crippen molar-refractivity contribution in [3.05, 3.63) is 35.9 Å². The number of hydrogen-bond donors (Lipinski definition) is 3. The number of benzene rings is 1. The van der Waals surface area contributed by atoms with Crippen molar-refractivity contribution in [3.63, 3.8) is 0 Å². The molecule has 2 rings (SSSR count). The molecule has 12 nitrogen and oxygen atoms in total. The fourth-order valence-electron chi connectivity index (χ4n) is 7.17. The number of likely N-dealkylation sites (N-methyl/N-ethyl adjacent to an activating group) is 1. The number of thiocarbonyl (C=S) groups is 1. The number of carbonyl (C=O) groups excluding carboxylic acids is 4. The third kappa shape index (κ3) is 12.0. The van der Waals surface area contributed by atoms with E-state index in [1.807, 2.05) is 68.0 Å². The molecule has 1 unspecified atom stereocenters. The summed E-state index contributed by atoms with van der Waals surface area (Å²) >= 11 is 5.84. The molecule has 0 radical (unpaired) electrons. The first kappa shape index (κ1) is 44.2. The molecule has 1 fully saturated rings. The van der Waals surface area contributed by atoms with Crippen molar-refractivity contribution in [1.82, 2.24) is 20.4 Å². The lowest BCUT2D eigenvalue weighted by Gasteiger charge is -2.43. The smallest absolute Gasteiger partial charge is 0.328 e. The number of likely N-dealkylation sites (tertiary alicyclic amines) is 1. The minimum atomic E-state index is -1.22. The summed E-state index contributed by atoms with van der Waals surface area (Å²) in [6.07, 6.45) is 1.82. The van der Waals surface area contributed by atoms with Crippen molar-refractivity contribution in [2.24, 2.45) is 23.5 Å². The van der Waals surface area contributed by atoms with Gasteiger partial charge in [-0.3, -0.25) is 24.6 Å². The van der Waals surface area contributed by atoms with Crippen molar-refractivity contribution < 1.29 is 33.4 Å². The Hall–Kier alpha value is -2.97. The van der Waals surface area contributed by atoms with Crippen LogP contribution < -0.4 is 16.4 Å². The standard InChI is InChI=1S/C38H63N5O7S/c1-12-24(4)32(42(8)31(23(2)3)34(45)41-37(47)38(6,7)39)29(48-9)22-30(44)43-20-16-19-28(43)33(49-10)25(5)35(51)40-27(36(46)50-11)21-26-17-14-13-15-18-26/h13-15,17-18,23-25,27-29,31-33H,12,16,19-22,39H2,1-11H3,(H,40,51)(H,41,45,47)/t24-,25-,27-,28?,29+,31-,32-,33+/m0/s1. The second-order valence-electron chi connectivity index (χ2n) is 14.8. The fraction of sp³-hybridized carbons (Fsp3) is 0.711. The molecule has 8 atom stereocenters. The second kappa shape index (κ2) is 20.3. The molecular formula is C38H63N5O7S. The minimum Gasteiger partial charge on any atom is -0.467 e. The molecule has 51 heavy (non-hydrogen) atoms. The number of amides is 3. The van der Waals surface area contributed by atoms with E-state index in [1.165, 1.54) is 7.11 Å². The maximum absolute atomic E-state index is 14.2. The number of hydrogen-bond acceptors (Lipinski definition) is 10. The highest BCUT2D eigenvalue weighted by molar-refractivity contribution is 7.80. The molecule has 0 saturated carbocycles. The van der Waals surface area contributed by atoms with Crippen LogP contribution in [-0.2, 0) is 39.8 Å². The number of ether oxygens (including phenoxy) is 3. The van der Waals surface area contributed by atoms with Gasteiger partial charge < -0.3 is 30.2 Å². The second-order valence-corrected chi connectivity index (χ2v) is 15.2. The lowest BCUT2D eigenvalue weighted by molar-refractivity contribution is -0.143. The van der Waals surface area contributed by atoms with Crippen molar-refractivity contribution in [2.75, 3.05) is 34.9 Å². The maximum Gasteiger partial charge on any atom is 0.328 e. The van der Waals surface area contributed by atoms with E-state index in [9.17, 15) is 19.2 Å². The van der Waals surface area contributed by atoms with Crippen LogP contribution in [-0.4, -0.2) is 115 Å². The fourth-order valence-corrected chi connectivity index (χ4v) is 7.45. The summed E-state index contributed by atoms with van der Waals surface area (Å²) in [6.45, 7) is 13.6. The summed E-state index contributed by atoms with van der Waals surface area (Å²) in [5.74, 6) is -1.93. The van der Waals surface area contributed by atoms with Crippen LogP contribution in [0.25, 0.3) is 0 Å². The molecule has 0 aliphatic carbocycles. The first-order valence-corrected chi connectivity index (χ1v) is 18.5. The van der Waals surface area contributed by atoms with Gasteiger partial charge >= 0.3 is 5.97 Å². The number of nitrogens with two attached hydrogens (primary N) is 1. The molecule has 1 aromatic rings. The Morgan fingerprint density at radius 3 is 2.20 bits per heavy atom. The number of nitrogens with zero attached hydrogens (tertiary/aromatic N) is 2. The van der Waals surface area contributed by atoms with Gasteiger partial charge in [-0.25, -0.2) is 4.79 Å². The van der Waals surface area contributed by atoms with E-state index in [2.05, 4.69) is 24.5 Å². The molecule has 1 aromatic carbocycles. The predicted octanol–water partition coefficient (Wildman–Crippen LogP) is 3.49. The Balaban J connectivity index is 2.28. The average molecular weight is 734 g/mol. The third-order valence-electron chi connectivity index (χ3n) is 10.2. The van der Waals surface area contributed by atoms with Crippen molar-refractivity contribution in [2.45, 2.75) is 122 Å². The Labute approximate surface area is 310 Å². The van der Waals surface area contributed by atoms with E-state index >= 15 is 0 Å². The van der Waals surface area contributed by atoms with Gasteiger partial charge in [-0.05, 0) is 51.1 Å². The maximum atomic E-state index is 14.2. The number of methoxy groups -OCH3 is 3. The van der Waals surface area contributed by atoms with E-state index in [1.54, 1.807) is 28.1 Å². The van der Waals surface area contributed by atoms with E-state index in [4.69, 9.17) is 32.2 Å². The van der Waals surface area contributed by atoms with Crippen molar-refractivity contribution in [3.8, 4) is 0 Å². The van der Waals surface area contributed by atoms with Crippen LogP contribution in [0.3, 0.4) is 0 Å². The molecule has 1 saturated heterocycles. The monoisotopic (exact) mass is 733 g/mol. The average Bonchev–Trinajstić information content (AvgIpc) is 3.56. The summed E-state index contributed by atoms with van der Waals surface area (Å²) < 4.78 is 17.2. The number of imide groups is 1. The van der Waals surface area contributed by atoms with Crippen LogP contribution in [0.15, 0.2) is 30.3 Å². The van der Waals surface area contributed by atoms with Crippen LogP contribution >= 0.6 is 12.2 Å². The van der Waals surface area contributed by atoms with E-state index in [0.29, 0.717) is 18.0 Å². The van der Waals surface area contributed by atoms with Gasteiger partial charge in [0.2, 0.25) is 17.7 Å². The molecule has 0 bridgehead atoms. The summed E-state index contributed by atoms with van der Waals surface area (Å²) in [5, 5.41) is 5.72. The summed E-state index contributed by atoms with van der Waals surface area (Å²) in [4.78, 5) is 57.4. The predicted molar refractivity (Wildman–Crippen MR) is 203 cm³/mol. The van der Waals surface area contributed by atoms with Gasteiger partial charge in [0.25, 0.3) is 0 Å². The van der Waals surface area contributed by atoms with Gasteiger partial charge in [-0.2, -0.15) is 0 Å². The normalized spacial score (nSPS) is 19.1. The number of esters is 1. The van der Waals surface area contributed by atoms with E-state index in [0.717, 1.165) is 24.8 Å². The minimum absolute atomic E-state index is 0.0478. The van der Waals surface area contributed by atoms with Gasteiger partial charge in [0, 0.05) is 39.1 Å². The van der Waals surface area contributed by atoms with Gasteiger partial charge in [0.15, 0.2) is 0 Å². The molecule has 0 aromatic heterocycles. The lowest BCUT2D eigenvalue weighted by Crippen LogP contribution is -2.60. The first-order chi connectivity index (χ1) is 23.9. The summed E-state index contributed by atoms with van der Waals surface area (Å²) in [7, 11) is 6.41. The van der Waals surface area contributed by atoms with Crippen LogP contribution in [0.2, 0.25) is 0 Å². The topological polar surface area (TPSA) is 153 Å². The van der Waals surface area contributed by atoms with Crippen molar-refractivity contribution in [1.29, 1.82) is 0 Å². The van der Waals surface area contributed by atoms with Crippen LogP contribution in [0, 0.1) is 17.8 Å². The highest BCUT2D eigenvalue weighted by atomic mass is 32.1. The Bertz CT molecular complexity index is 1310. The van der Waals surface area contributed by atoms with Gasteiger partial charge in [0.1, 0.15) is 6.04 Å². The number of nitrogens with one attached hydrogen (secondary N) is 2. The zero-order chi connectivity index (χ0) is 38.6. The molecule has 1 aliphatic heterocycles. The molecule has 1 heterocycles. The van der Waals surface area contributed by atoms with Crippen LogP contribution in [0.5, 0.6) is 0 Å². The molecule has 1 aliphatic rings. The quantitative estimate of drug-likeness (QED) is 0.142. The zero-order valence-corrected chi connectivity index (χ0v) is 33.4. The highest BCUT2D eigenvalue weighted by Crippen LogP contribution is 2.30. The summed E-state index contributed by atoms with van der Waals surface area (Å²) in [5.41, 5.74) is 5.71. The third-order valence-corrected chi connectivity index (χ3v) is 10.7. The Morgan fingerprint density at radius 1 is 1.06 bits per heavy atom. The molecule has 0 spiro atoms. The van der Waals surface area contributed by atoms with Gasteiger partial charge in [-0.1, -0.05) is 83.6 Å². The molecule has 288 valence electrons. The molecule has 13 heteroatoms. The summed E-state index contributed by atoms with van der Waals surface area (Å²) in [6, 6.07) is 7.72. The van der Waals surface area contributed by atoms with Gasteiger partial charge in [-0.15, -0.1) is 0 Å². The van der Waals surface area contributed by atoms with Crippen LogP contribution in [0.1, 0.15) is 79.7 Å². The zero-order valence-electron chi connectivity index (χ0n) is 32.6. The van der Waals surface area contributed by atoms with Crippen molar-refractivity contribution >= 4 is 40.9 Å². The first-order valence-electron chi connectivity index (χ1n) is 18.1. The number of rotatable bonds is 19. The largest absolute Gasteiger partial charge is 0.467 e. The molecule has 3 amide bonds. The van der Waals surface area contributed by atoms with Crippen LogP contribution in [0.4, 0.5) is 0 Å². The lowest BCUT2D eigenvalue weighted by atomic mass is 9.87.